The number of nitrogens with zero attached hydrogens (tertiary/aromatic N) is 1. The molecule has 0 aliphatic carbocycles. The minimum atomic E-state index is 0.853. The Balaban J connectivity index is 1.77. The lowest BCUT2D eigenvalue weighted by Gasteiger charge is -2.02. The molecule has 21 heavy (non-hydrogen) atoms. The monoisotopic (exact) mass is 408 g/mol. The number of thiazole rings is 1. The highest BCUT2D eigenvalue weighted by Gasteiger charge is 2.05. The van der Waals surface area contributed by atoms with E-state index in [1.54, 1.807) is 18.4 Å². The summed E-state index contributed by atoms with van der Waals surface area (Å²) >= 11 is 3.89. The standard InChI is InChI=1S/C16H13IN2OS/c1-20-14-8-2-11(3-9-14)15-10-21-16(19-15)18-13-6-4-12(17)5-7-13/h2-10H,1H3,(H,18,19). The molecule has 106 valence electrons. The minimum Gasteiger partial charge on any atom is -0.497 e. The third-order valence-corrected chi connectivity index (χ3v) is 4.46. The summed E-state index contributed by atoms with van der Waals surface area (Å²) in [6, 6.07) is 16.2. The zero-order valence-electron chi connectivity index (χ0n) is 11.3. The Morgan fingerprint density at radius 2 is 1.76 bits per heavy atom. The summed E-state index contributed by atoms with van der Waals surface area (Å²) in [6.07, 6.45) is 0. The number of aromatic nitrogens is 1. The van der Waals surface area contributed by atoms with E-state index >= 15 is 0 Å². The normalized spacial score (nSPS) is 10.4. The highest BCUT2D eigenvalue weighted by Crippen LogP contribution is 2.28. The molecule has 1 heterocycles. The van der Waals surface area contributed by atoms with Gasteiger partial charge in [0, 0.05) is 20.2 Å². The van der Waals surface area contributed by atoms with Crippen LogP contribution in [0, 0.1) is 3.57 Å². The molecule has 3 rings (SSSR count). The number of anilines is 2. The Labute approximate surface area is 141 Å². The Morgan fingerprint density at radius 3 is 2.43 bits per heavy atom. The molecule has 0 atom stereocenters. The lowest BCUT2D eigenvalue weighted by Crippen LogP contribution is -1.89. The van der Waals surface area contributed by atoms with Gasteiger partial charge in [0.2, 0.25) is 0 Å². The molecular formula is C16H13IN2OS. The van der Waals surface area contributed by atoms with Gasteiger partial charge in [-0.2, -0.15) is 0 Å². The second-order valence-corrected chi connectivity index (χ2v) is 6.50. The maximum Gasteiger partial charge on any atom is 0.187 e. The maximum absolute atomic E-state index is 5.17. The summed E-state index contributed by atoms with van der Waals surface area (Å²) in [5.74, 6) is 0.853. The Hall–Kier alpha value is -1.60. The van der Waals surface area contributed by atoms with Crippen LogP contribution < -0.4 is 10.1 Å². The molecule has 0 saturated heterocycles. The van der Waals surface area contributed by atoms with Crippen LogP contribution in [0.4, 0.5) is 10.8 Å². The van der Waals surface area contributed by atoms with E-state index in [2.05, 4.69) is 62.5 Å². The van der Waals surface area contributed by atoms with Crippen molar-refractivity contribution in [2.24, 2.45) is 0 Å². The zero-order chi connectivity index (χ0) is 14.7. The molecule has 0 aliphatic rings. The van der Waals surface area contributed by atoms with Crippen molar-refractivity contribution in [3.05, 3.63) is 57.5 Å². The van der Waals surface area contributed by atoms with Crippen molar-refractivity contribution >= 4 is 44.7 Å². The first-order chi connectivity index (χ1) is 10.2. The molecule has 1 aromatic heterocycles. The molecule has 0 radical (unpaired) electrons. The summed E-state index contributed by atoms with van der Waals surface area (Å²) in [5.41, 5.74) is 3.10. The van der Waals surface area contributed by atoms with Gasteiger partial charge in [0.05, 0.1) is 12.8 Å². The van der Waals surface area contributed by atoms with Gasteiger partial charge >= 0.3 is 0 Å². The van der Waals surface area contributed by atoms with Gasteiger partial charge in [0.1, 0.15) is 5.75 Å². The van der Waals surface area contributed by atoms with Crippen molar-refractivity contribution in [1.82, 2.24) is 4.98 Å². The highest BCUT2D eigenvalue weighted by molar-refractivity contribution is 14.1. The van der Waals surface area contributed by atoms with Crippen molar-refractivity contribution in [3.8, 4) is 17.0 Å². The van der Waals surface area contributed by atoms with Crippen LogP contribution in [0.15, 0.2) is 53.9 Å². The molecule has 0 aliphatic heterocycles. The number of methoxy groups -OCH3 is 1. The summed E-state index contributed by atoms with van der Waals surface area (Å²) in [5, 5.41) is 6.27. The van der Waals surface area contributed by atoms with Gasteiger partial charge in [-0.1, -0.05) is 0 Å². The SMILES string of the molecule is COc1ccc(-c2csc(Nc3ccc(I)cc3)n2)cc1. The molecule has 5 heteroatoms. The lowest BCUT2D eigenvalue weighted by molar-refractivity contribution is 0.415. The number of nitrogens with one attached hydrogen (secondary N) is 1. The van der Waals surface area contributed by atoms with Crippen molar-refractivity contribution in [3.63, 3.8) is 0 Å². The van der Waals surface area contributed by atoms with E-state index in [0.717, 1.165) is 27.8 Å². The van der Waals surface area contributed by atoms with Crippen molar-refractivity contribution in [1.29, 1.82) is 0 Å². The van der Waals surface area contributed by atoms with E-state index < -0.39 is 0 Å². The van der Waals surface area contributed by atoms with E-state index in [9.17, 15) is 0 Å². The van der Waals surface area contributed by atoms with Gasteiger partial charge in [-0.25, -0.2) is 4.98 Å². The molecule has 0 bridgehead atoms. The Bertz CT molecular complexity index is 723. The minimum absolute atomic E-state index is 0.853. The van der Waals surface area contributed by atoms with Gasteiger partial charge < -0.3 is 10.1 Å². The van der Waals surface area contributed by atoms with Crippen LogP contribution in [0.2, 0.25) is 0 Å². The van der Waals surface area contributed by atoms with Crippen molar-refractivity contribution in [2.75, 3.05) is 12.4 Å². The number of hydrogen-bond acceptors (Lipinski definition) is 4. The van der Waals surface area contributed by atoms with Crippen LogP contribution in [0.1, 0.15) is 0 Å². The van der Waals surface area contributed by atoms with Crippen molar-refractivity contribution in [2.45, 2.75) is 0 Å². The topological polar surface area (TPSA) is 34.1 Å². The first kappa shape index (κ1) is 14.3. The molecule has 2 aromatic carbocycles. The predicted octanol–water partition coefficient (Wildman–Crippen LogP) is 5.17. The average Bonchev–Trinajstić information content (AvgIpc) is 2.98. The smallest absolute Gasteiger partial charge is 0.187 e. The van der Waals surface area contributed by atoms with Crippen LogP contribution >= 0.6 is 33.9 Å². The lowest BCUT2D eigenvalue weighted by atomic mass is 10.2. The van der Waals surface area contributed by atoms with E-state index in [1.807, 2.05) is 24.3 Å². The zero-order valence-corrected chi connectivity index (χ0v) is 14.3. The number of hydrogen-bond donors (Lipinski definition) is 1. The summed E-state index contributed by atoms with van der Waals surface area (Å²) < 4.78 is 6.39. The van der Waals surface area contributed by atoms with Gasteiger partial charge in [-0.3, -0.25) is 0 Å². The molecule has 0 fully saturated rings. The summed E-state index contributed by atoms with van der Waals surface area (Å²) in [7, 11) is 1.67. The molecule has 3 nitrogen and oxygen atoms in total. The fourth-order valence-corrected chi connectivity index (χ4v) is 2.98. The van der Waals surface area contributed by atoms with Gasteiger partial charge in [0.15, 0.2) is 5.13 Å². The first-order valence-corrected chi connectivity index (χ1v) is 8.33. The fraction of sp³-hybridized carbons (Fsp3) is 0.0625. The predicted molar refractivity (Wildman–Crippen MR) is 96.5 cm³/mol. The Kier molecular flexibility index (Phi) is 4.40. The second kappa shape index (κ2) is 6.44. The highest BCUT2D eigenvalue weighted by atomic mass is 127. The third kappa shape index (κ3) is 3.54. The number of rotatable bonds is 4. The van der Waals surface area contributed by atoms with Gasteiger partial charge in [-0.15, -0.1) is 11.3 Å². The molecule has 0 saturated carbocycles. The van der Waals surface area contributed by atoms with Gasteiger partial charge in [-0.05, 0) is 71.1 Å². The van der Waals surface area contributed by atoms with Crippen LogP contribution in [-0.4, -0.2) is 12.1 Å². The first-order valence-electron chi connectivity index (χ1n) is 6.37. The van der Waals surface area contributed by atoms with Crippen LogP contribution in [0.3, 0.4) is 0 Å². The second-order valence-electron chi connectivity index (χ2n) is 4.40. The van der Waals surface area contributed by atoms with E-state index in [4.69, 9.17) is 4.74 Å². The summed E-state index contributed by atoms with van der Waals surface area (Å²) in [4.78, 5) is 4.62. The van der Waals surface area contributed by atoms with Crippen LogP contribution in [-0.2, 0) is 0 Å². The molecule has 0 unspecified atom stereocenters. The molecule has 3 aromatic rings. The van der Waals surface area contributed by atoms with Crippen molar-refractivity contribution < 1.29 is 4.74 Å². The average molecular weight is 408 g/mol. The number of benzene rings is 2. The quantitative estimate of drug-likeness (QED) is 0.605. The molecule has 0 amide bonds. The van der Waals surface area contributed by atoms with Crippen LogP contribution in [0.5, 0.6) is 5.75 Å². The summed E-state index contributed by atoms with van der Waals surface area (Å²) in [6.45, 7) is 0. The Morgan fingerprint density at radius 1 is 1.05 bits per heavy atom. The van der Waals surface area contributed by atoms with Crippen LogP contribution in [0.25, 0.3) is 11.3 Å². The van der Waals surface area contributed by atoms with Gasteiger partial charge in [0.25, 0.3) is 0 Å². The number of halogens is 1. The molecule has 1 N–H and O–H groups in total. The third-order valence-electron chi connectivity index (χ3n) is 2.99. The largest absolute Gasteiger partial charge is 0.497 e. The number of ether oxygens (including phenoxy) is 1. The molecular weight excluding hydrogens is 395 g/mol. The van der Waals surface area contributed by atoms with E-state index in [-0.39, 0.29) is 0 Å². The van der Waals surface area contributed by atoms with E-state index in [0.29, 0.717) is 0 Å². The van der Waals surface area contributed by atoms with E-state index in [1.165, 1.54) is 3.57 Å². The maximum atomic E-state index is 5.17. The fourth-order valence-electron chi connectivity index (χ4n) is 1.88. The molecule has 0 spiro atoms.